The van der Waals surface area contributed by atoms with Crippen molar-refractivity contribution in [3.8, 4) is 0 Å². The summed E-state index contributed by atoms with van der Waals surface area (Å²) in [5.74, 6) is 0.562. The largest absolute Gasteiger partial charge is 0.382 e. The van der Waals surface area contributed by atoms with Crippen LogP contribution in [0.1, 0.15) is 32.9 Å². The molecule has 1 heterocycles. The molecule has 72 valence electrons. The van der Waals surface area contributed by atoms with Gasteiger partial charge in [-0.2, -0.15) is 0 Å². The molecule has 0 bridgehead atoms. The average Bonchev–Trinajstić information content (AvgIpc) is 2.01. The monoisotopic (exact) mass is 179 g/mol. The number of nitrogens with zero attached hydrogens (tertiary/aromatic N) is 2. The van der Waals surface area contributed by atoms with Gasteiger partial charge in [-0.3, -0.25) is 4.98 Å². The van der Waals surface area contributed by atoms with Crippen LogP contribution in [0.3, 0.4) is 0 Å². The molecule has 1 aromatic rings. The molecule has 0 radical (unpaired) electrons. The Hall–Kier alpha value is -1.12. The second kappa shape index (κ2) is 3.73. The van der Waals surface area contributed by atoms with Crippen molar-refractivity contribution in [1.29, 1.82) is 0 Å². The van der Waals surface area contributed by atoms with E-state index in [0.717, 1.165) is 18.5 Å². The van der Waals surface area contributed by atoms with Gasteiger partial charge in [0, 0.05) is 12.4 Å². The number of rotatable bonds is 2. The van der Waals surface area contributed by atoms with Crippen LogP contribution in [-0.4, -0.2) is 9.97 Å². The van der Waals surface area contributed by atoms with Crippen molar-refractivity contribution in [2.75, 3.05) is 5.73 Å². The average molecular weight is 179 g/mol. The minimum absolute atomic E-state index is 0.323. The molecular weight excluding hydrogens is 162 g/mol. The van der Waals surface area contributed by atoms with Gasteiger partial charge < -0.3 is 5.73 Å². The summed E-state index contributed by atoms with van der Waals surface area (Å²) >= 11 is 0. The van der Waals surface area contributed by atoms with E-state index in [1.807, 2.05) is 0 Å². The Balaban J connectivity index is 2.60. The molecule has 0 aliphatic carbocycles. The third-order valence-corrected chi connectivity index (χ3v) is 1.92. The Bertz CT molecular complexity index is 276. The highest BCUT2D eigenvalue weighted by Gasteiger charge is 2.11. The summed E-state index contributed by atoms with van der Waals surface area (Å²) < 4.78 is 0. The van der Waals surface area contributed by atoms with Crippen molar-refractivity contribution in [1.82, 2.24) is 9.97 Å². The summed E-state index contributed by atoms with van der Waals surface area (Å²) in [6, 6.07) is 0. The number of hydrogen-bond donors (Lipinski definition) is 1. The van der Waals surface area contributed by atoms with Gasteiger partial charge in [0.15, 0.2) is 0 Å². The van der Waals surface area contributed by atoms with Crippen LogP contribution in [0.2, 0.25) is 0 Å². The number of nitrogen functional groups attached to an aromatic ring is 1. The third kappa shape index (κ3) is 3.40. The molecular formula is C10H17N3. The second-order valence-electron chi connectivity index (χ2n) is 4.45. The first-order valence-electron chi connectivity index (χ1n) is 4.54. The molecule has 0 fully saturated rings. The van der Waals surface area contributed by atoms with E-state index in [-0.39, 0.29) is 0 Å². The highest BCUT2D eigenvalue weighted by Crippen LogP contribution is 2.21. The summed E-state index contributed by atoms with van der Waals surface area (Å²) in [6.45, 7) is 6.62. The SMILES string of the molecule is CC(C)(C)CCc1nccnc1N. The van der Waals surface area contributed by atoms with Crippen LogP contribution in [0.15, 0.2) is 12.4 Å². The fourth-order valence-electron chi connectivity index (χ4n) is 1.06. The minimum Gasteiger partial charge on any atom is -0.382 e. The smallest absolute Gasteiger partial charge is 0.145 e. The first-order chi connectivity index (χ1) is 5.99. The molecule has 0 amide bonds. The molecule has 0 unspecified atom stereocenters. The minimum atomic E-state index is 0.323. The summed E-state index contributed by atoms with van der Waals surface area (Å²) in [6.07, 6.45) is 5.29. The molecule has 0 aliphatic heterocycles. The molecule has 13 heavy (non-hydrogen) atoms. The lowest BCUT2D eigenvalue weighted by Gasteiger charge is -2.17. The maximum Gasteiger partial charge on any atom is 0.145 e. The van der Waals surface area contributed by atoms with Crippen LogP contribution < -0.4 is 5.73 Å². The number of aryl methyl sites for hydroxylation is 1. The zero-order valence-corrected chi connectivity index (χ0v) is 8.54. The summed E-state index contributed by atoms with van der Waals surface area (Å²) in [7, 11) is 0. The Morgan fingerprint density at radius 3 is 2.38 bits per heavy atom. The molecule has 0 saturated heterocycles. The molecule has 3 heteroatoms. The lowest BCUT2D eigenvalue weighted by molar-refractivity contribution is 0.376. The predicted molar refractivity (Wildman–Crippen MR) is 54.2 cm³/mol. The van der Waals surface area contributed by atoms with Gasteiger partial charge in [-0.25, -0.2) is 4.98 Å². The summed E-state index contributed by atoms with van der Waals surface area (Å²) in [5, 5.41) is 0. The van der Waals surface area contributed by atoms with Gasteiger partial charge in [0.1, 0.15) is 5.82 Å². The van der Waals surface area contributed by atoms with E-state index in [1.54, 1.807) is 12.4 Å². The molecule has 0 saturated carbocycles. The Morgan fingerprint density at radius 1 is 1.23 bits per heavy atom. The molecule has 1 rings (SSSR count). The Kier molecular flexibility index (Phi) is 2.86. The Labute approximate surface area is 79.4 Å². The second-order valence-corrected chi connectivity index (χ2v) is 4.45. The summed E-state index contributed by atoms with van der Waals surface area (Å²) in [4.78, 5) is 8.19. The lowest BCUT2D eigenvalue weighted by Crippen LogP contribution is -2.09. The first kappa shape index (κ1) is 9.96. The van der Waals surface area contributed by atoms with E-state index < -0.39 is 0 Å². The van der Waals surface area contributed by atoms with Crippen molar-refractivity contribution >= 4 is 5.82 Å². The van der Waals surface area contributed by atoms with Crippen LogP contribution in [0, 0.1) is 5.41 Å². The topological polar surface area (TPSA) is 51.8 Å². The van der Waals surface area contributed by atoms with Crippen LogP contribution in [0.5, 0.6) is 0 Å². The first-order valence-corrected chi connectivity index (χ1v) is 4.54. The molecule has 3 nitrogen and oxygen atoms in total. The molecule has 0 aromatic carbocycles. The zero-order chi connectivity index (χ0) is 9.90. The molecule has 0 atom stereocenters. The van der Waals surface area contributed by atoms with E-state index in [0.29, 0.717) is 11.2 Å². The third-order valence-electron chi connectivity index (χ3n) is 1.92. The van der Waals surface area contributed by atoms with Crippen molar-refractivity contribution in [3.05, 3.63) is 18.1 Å². The number of nitrogens with two attached hydrogens (primary N) is 1. The van der Waals surface area contributed by atoms with Gasteiger partial charge in [-0.15, -0.1) is 0 Å². The fourth-order valence-corrected chi connectivity index (χ4v) is 1.06. The van der Waals surface area contributed by atoms with Crippen LogP contribution in [0.25, 0.3) is 0 Å². The van der Waals surface area contributed by atoms with Gasteiger partial charge in [0.05, 0.1) is 5.69 Å². The molecule has 1 aromatic heterocycles. The predicted octanol–water partition coefficient (Wildman–Crippen LogP) is 2.04. The fraction of sp³-hybridized carbons (Fsp3) is 0.600. The van der Waals surface area contributed by atoms with Crippen LogP contribution in [0.4, 0.5) is 5.82 Å². The Morgan fingerprint density at radius 2 is 1.85 bits per heavy atom. The summed E-state index contributed by atoms with van der Waals surface area (Å²) in [5.41, 5.74) is 6.91. The number of hydrogen-bond acceptors (Lipinski definition) is 3. The van der Waals surface area contributed by atoms with Crippen molar-refractivity contribution < 1.29 is 0 Å². The maximum absolute atomic E-state index is 5.68. The van der Waals surface area contributed by atoms with Crippen molar-refractivity contribution in [3.63, 3.8) is 0 Å². The van der Waals surface area contributed by atoms with E-state index in [4.69, 9.17) is 5.73 Å². The molecule has 0 aliphatic rings. The quantitative estimate of drug-likeness (QED) is 0.755. The van der Waals surface area contributed by atoms with E-state index in [9.17, 15) is 0 Å². The van der Waals surface area contributed by atoms with Crippen LogP contribution in [-0.2, 0) is 6.42 Å². The highest BCUT2D eigenvalue weighted by atomic mass is 14.9. The van der Waals surface area contributed by atoms with E-state index in [1.165, 1.54) is 0 Å². The number of anilines is 1. The number of aromatic nitrogens is 2. The van der Waals surface area contributed by atoms with E-state index >= 15 is 0 Å². The standard InChI is InChI=1S/C10H17N3/c1-10(2,3)5-4-8-9(11)13-7-6-12-8/h6-7H,4-5H2,1-3H3,(H2,11,13). The lowest BCUT2D eigenvalue weighted by atomic mass is 9.90. The van der Waals surface area contributed by atoms with Crippen molar-refractivity contribution in [2.24, 2.45) is 5.41 Å². The van der Waals surface area contributed by atoms with Gasteiger partial charge >= 0.3 is 0 Å². The van der Waals surface area contributed by atoms with Gasteiger partial charge in [-0.05, 0) is 18.3 Å². The van der Waals surface area contributed by atoms with Gasteiger partial charge in [-0.1, -0.05) is 20.8 Å². The van der Waals surface area contributed by atoms with Crippen LogP contribution >= 0.6 is 0 Å². The molecule has 2 N–H and O–H groups in total. The van der Waals surface area contributed by atoms with Gasteiger partial charge in [0.25, 0.3) is 0 Å². The highest BCUT2D eigenvalue weighted by molar-refractivity contribution is 5.32. The molecule has 0 spiro atoms. The van der Waals surface area contributed by atoms with Crippen molar-refractivity contribution in [2.45, 2.75) is 33.6 Å². The van der Waals surface area contributed by atoms with Gasteiger partial charge in [0.2, 0.25) is 0 Å². The van der Waals surface area contributed by atoms with E-state index in [2.05, 4.69) is 30.7 Å². The normalized spacial score (nSPS) is 11.6. The zero-order valence-electron chi connectivity index (χ0n) is 8.54. The maximum atomic E-state index is 5.68.